The summed E-state index contributed by atoms with van der Waals surface area (Å²) in [5.41, 5.74) is 3.78. The van der Waals surface area contributed by atoms with Crippen molar-refractivity contribution in [1.82, 2.24) is 14.9 Å². The Hall–Kier alpha value is -2.26. The van der Waals surface area contributed by atoms with Crippen LogP contribution in [0.2, 0.25) is 0 Å². The Labute approximate surface area is 198 Å². The normalized spacial score (nSPS) is 19.6. The summed E-state index contributed by atoms with van der Waals surface area (Å²) in [6, 6.07) is 8.73. The monoisotopic (exact) mass is 465 g/mol. The molecule has 0 saturated carbocycles. The van der Waals surface area contributed by atoms with Gasteiger partial charge >= 0.3 is 0 Å². The summed E-state index contributed by atoms with van der Waals surface area (Å²) in [6.07, 6.45) is 4.83. The Kier molecular flexibility index (Phi) is 6.15. The second-order valence-electron chi connectivity index (χ2n) is 9.04. The quantitative estimate of drug-likeness (QED) is 0.611. The third kappa shape index (κ3) is 4.57. The number of fused-ring (bicyclic) bond motifs is 3. The Balaban J connectivity index is 1.31. The summed E-state index contributed by atoms with van der Waals surface area (Å²) in [6.45, 7) is 7.72. The number of nitrogens with zero attached hydrogens (tertiary/aromatic N) is 4. The van der Waals surface area contributed by atoms with E-state index in [2.05, 4.69) is 39.4 Å². The van der Waals surface area contributed by atoms with Crippen molar-refractivity contribution in [3.05, 3.63) is 40.5 Å². The van der Waals surface area contributed by atoms with Gasteiger partial charge in [0.05, 0.1) is 38.4 Å². The van der Waals surface area contributed by atoms with Crippen molar-refractivity contribution in [2.75, 3.05) is 62.8 Å². The maximum Gasteiger partial charge on any atom is 0.146 e. The number of hydrogen-bond acceptors (Lipinski definition) is 8. The fourth-order valence-electron chi connectivity index (χ4n) is 5.04. The van der Waals surface area contributed by atoms with Crippen molar-refractivity contribution in [3.63, 3.8) is 0 Å². The van der Waals surface area contributed by atoms with Gasteiger partial charge in [0.15, 0.2) is 0 Å². The van der Waals surface area contributed by atoms with Gasteiger partial charge in [-0.15, -0.1) is 11.3 Å². The first-order chi connectivity index (χ1) is 16.3. The smallest absolute Gasteiger partial charge is 0.146 e. The van der Waals surface area contributed by atoms with Crippen molar-refractivity contribution in [1.29, 1.82) is 0 Å². The van der Waals surface area contributed by atoms with E-state index in [0.717, 1.165) is 87.7 Å². The Morgan fingerprint density at radius 1 is 0.879 bits per heavy atom. The van der Waals surface area contributed by atoms with Gasteiger partial charge in [-0.3, -0.25) is 4.90 Å². The van der Waals surface area contributed by atoms with Gasteiger partial charge in [0.1, 0.15) is 16.5 Å². The molecule has 3 aromatic rings. The van der Waals surface area contributed by atoms with Gasteiger partial charge in [-0.2, -0.15) is 0 Å². The van der Waals surface area contributed by atoms with Gasteiger partial charge in [0, 0.05) is 42.4 Å². The number of aromatic nitrogens is 2. The number of hydrogen-bond donors (Lipinski definition) is 1. The molecule has 2 aromatic heterocycles. The van der Waals surface area contributed by atoms with E-state index >= 15 is 0 Å². The van der Waals surface area contributed by atoms with Crippen molar-refractivity contribution >= 4 is 38.7 Å². The fraction of sp³-hybridized carbons (Fsp3) is 0.520. The van der Waals surface area contributed by atoms with Crippen LogP contribution in [-0.4, -0.2) is 67.5 Å². The summed E-state index contributed by atoms with van der Waals surface area (Å²) < 4.78 is 11.0. The van der Waals surface area contributed by atoms with E-state index in [9.17, 15) is 0 Å². The number of nitrogens with one attached hydrogen (secondary N) is 1. The van der Waals surface area contributed by atoms with E-state index in [-0.39, 0.29) is 0 Å². The lowest BCUT2D eigenvalue weighted by Gasteiger charge is -2.29. The summed E-state index contributed by atoms with van der Waals surface area (Å²) in [5.74, 6) is 1.86. The molecule has 2 saturated heterocycles. The largest absolute Gasteiger partial charge is 0.379 e. The van der Waals surface area contributed by atoms with Crippen LogP contribution in [0.4, 0.5) is 17.2 Å². The first kappa shape index (κ1) is 21.3. The molecule has 33 heavy (non-hydrogen) atoms. The third-order valence-electron chi connectivity index (χ3n) is 6.84. The highest BCUT2D eigenvalue weighted by Crippen LogP contribution is 2.39. The second kappa shape index (κ2) is 9.54. The van der Waals surface area contributed by atoms with E-state index in [1.165, 1.54) is 40.8 Å². The molecular formula is C25H31N5O2S. The van der Waals surface area contributed by atoms with Crippen molar-refractivity contribution in [2.24, 2.45) is 0 Å². The number of morpholine rings is 2. The van der Waals surface area contributed by atoms with Gasteiger partial charge < -0.3 is 19.7 Å². The van der Waals surface area contributed by atoms with Crippen LogP contribution < -0.4 is 10.2 Å². The Morgan fingerprint density at radius 2 is 1.61 bits per heavy atom. The molecule has 2 fully saturated rings. The minimum absolute atomic E-state index is 0.770. The van der Waals surface area contributed by atoms with Crippen LogP contribution in [0.15, 0.2) is 24.3 Å². The number of rotatable bonds is 5. The number of anilines is 3. The molecule has 174 valence electrons. The minimum Gasteiger partial charge on any atom is -0.379 e. The van der Waals surface area contributed by atoms with Gasteiger partial charge in [-0.25, -0.2) is 9.97 Å². The Morgan fingerprint density at radius 3 is 2.39 bits per heavy atom. The van der Waals surface area contributed by atoms with Crippen LogP contribution in [0.3, 0.4) is 0 Å². The lowest BCUT2D eigenvalue weighted by molar-refractivity contribution is 0.0331. The molecule has 0 atom stereocenters. The van der Waals surface area contributed by atoms with Crippen LogP contribution in [0, 0.1) is 0 Å². The average molecular weight is 466 g/mol. The molecular weight excluding hydrogens is 434 g/mol. The first-order valence-corrected chi connectivity index (χ1v) is 13.0. The van der Waals surface area contributed by atoms with E-state index in [1.807, 2.05) is 11.3 Å². The molecule has 2 aliphatic heterocycles. The zero-order valence-electron chi connectivity index (χ0n) is 19.0. The lowest BCUT2D eigenvalue weighted by Crippen LogP contribution is -2.36. The molecule has 1 aliphatic carbocycles. The summed E-state index contributed by atoms with van der Waals surface area (Å²) in [7, 11) is 0. The van der Waals surface area contributed by atoms with Crippen molar-refractivity contribution < 1.29 is 9.47 Å². The molecule has 1 N–H and O–H groups in total. The van der Waals surface area contributed by atoms with Gasteiger partial charge in [0.2, 0.25) is 0 Å². The number of aryl methyl sites for hydroxylation is 2. The minimum atomic E-state index is 0.770. The molecule has 0 spiro atoms. The zero-order chi connectivity index (χ0) is 22.0. The van der Waals surface area contributed by atoms with E-state index < -0.39 is 0 Å². The predicted octanol–water partition coefficient (Wildman–Crippen LogP) is 3.98. The highest BCUT2D eigenvalue weighted by atomic mass is 32.1. The van der Waals surface area contributed by atoms with E-state index in [0.29, 0.717) is 0 Å². The van der Waals surface area contributed by atoms with Crippen LogP contribution in [0.5, 0.6) is 0 Å². The Bertz CT molecular complexity index is 1100. The molecule has 8 heteroatoms. The molecule has 1 aromatic carbocycles. The van der Waals surface area contributed by atoms with Gasteiger partial charge in [-0.05, 0) is 55.5 Å². The highest BCUT2D eigenvalue weighted by molar-refractivity contribution is 7.19. The summed E-state index contributed by atoms with van der Waals surface area (Å²) in [5, 5.41) is 4.89. The summed E-state index contributed by atoms with van der Waals surface area (Å²) >= 11 is 1.87. The number of benzene rings is 1. The molecule has 4 heterocycles. The molecule has 0 radical (unpaired) electrons. The van der Waals surface area contributed by atoms with E-state index in [4.69, 9.17) is 19.4 Å². The lowest BCUT2D eigenvalue weighted by atomic mass is 9.97. The molecule has 3 aliphatic rings. The molecule has 7 nitrogen and oxygen atoms in total. The summed E-state index contributed by atoms with van der Waals surface area (Å²) in [4.78, 5) is 17.5. The fourth-order valence-corrected chi connectivity index (χ4v) is 6.32. The maximum absolute atomic E-state index is 5.52. The number of ether oxygens (including phenoxy) is 2. The first-order valence-electron chi connectivity index (χ1n) is 12.1. The van der Waals surface area contributed by atoms with Crippen molar-refractivity contribution in [3.8, 4) is 0 Å². The van der Waals surface area contributed by atoms with Crippen LogP contribution in [0.25, 0.3) is 10.2 Å². The van der Waals surface area contributed by atoms with E-state index in [1.54, 1.807) is 0 Å². The SMILES string of the molecule is c1cc(N2CCOCC2)ccc1Nc1nc(CN2CCOCC2)nc2sc3c(c12)CCCC3. The van der Waals surface area contributed by atoms with Gasteiger partial charge in [0.25, 0.3) is 0 Å². The van der Waals surface area contributed by atoms with Gasteiger partial charge in [-0.1, -0.05) is 0 Å². The standard InChI is InChI=1S/C25H31N5O2S/c1-2-4-21-20(3-1)23-24(26-18-5-7-19(8-6-18)30-11-15-32-16-12-30)27-22(28-25(23)33-21)17-29-9-13-31-14-10-29/h5-8H,1-4,9-17H2,(H,26,27,28). The third-order valence-corrected chi connectivity index (χ3v) is 8.02. The average Bonchev–Trinajstić information content (AvgIpc) is 3.24. The zero-order valence-corrected chi connectivity index (χ0v) is 19.8. The molecule has 0 unspecified atom stereocenters. The maximum atomic E-state index is 5.52. The molecule has 0 bridgehead atoms. The highest BCUT2D eigenvalue weighted by Gasteiger charge is 2.22. The topological polar surface area (TPSA) is 62.8 Å². The van der Waals surface area contributed by atoms with Crippen LogP contribution in [-0.2, 0) is 28.9 Å². The molecule has 6 rings (SSSR count). The van der Waals surface area contributed by atoms with Crippen LogP contribution in [0.1, 0.15) is 29.1 Å². The van der Waals surface area contributed by atoms with Crippen LogP contribution >= 0.6 is 11.3 Å². The predicted molar refractivity (Wildman–Crippen MR) is 133 cm³/mol. The number of thiophene rings is 1. The second-order valence-corrected chi connectivity index (χ2v) is 10.1. The van der Waals surface area contributed by atoms with Crippen molar-refractivity contribution in [2.45, 2.75) is 32.2 Å². The molecule has 0 amide bonds.